The normalized spacial score (nSPS) is 17.8. The van der Waals surface area contributed by atoms with Gasteiger partial charge in [-0.15, -0.1) is 0 Å². The van der Waals surface area contributed by atoms with Crippen molar-refractivity contribution in [2.75, 3.05) is 46.4 Å². The predicted molar refractivity (Wildman–Crippen MR) is 210 cm³/mol. The van der Waals surface area contributed by atoms with Gasteiger partial charge in [-0.25, -0.2) is 0 Å². The number of unbranched alkanes of at least 4 members (excludes halogenated alkanes) is 2. The molecule has 4 rings (SSSR count). The van der Waals surface area contributed by atoms with E-state index in [0.717, 1.165) is 53.3 Å². The SMILES string of the molecule is CCN1\C(=C/C=C/C=C/C2=[N+](CCCCCC(=O)OP(F)#P)c3ccc(P(=O)(OC)OC)cc3C2(C)C)C(C)(C)c2cc(P(=O)(OC)OC)ccc21. The van der Waals surface area contributed by atoms with E-state index in [2.05, 4.69) is 69.1 Å². The molecule has 0 saturated heterocycles. The Kier molecular flexibility index (Phi) is 14.1. The molecule has 1 unspecified atom stereocenters. The summed E-state index contributed by atoms with van der Waals surface area (Å²) >= 11 is 0. The second-order valence-corrected chi connectivity index (χ2v) is 19.5. The van der Waals surface area contributed by atoms with Gasteiger partial charge in [-0.2, -0.15) is 0 Å². The van der Waals surface area contributed by atoms with Crippen molar-refractivity contribution in [2.24, 2.45) is 0 Å². The number of hydrogen-bond acceptors (Lipinski definition) is 9. The average molecular weight is 794 g/mol. The van der Waals surface area contributed by atoms with Crippen LogP contribution in [0.15, 0.2) is 72.5 Å². The van der Waals surface area contributed by atoms with Gasteiger partial charge in [0.1, 0.15) is 0 Å². The summed E-state index contributed by atoms with van der Waals surface area (Å²) in [6.45, 7) is 12.1. The van der Waals surface area contributed by atoms with Crippen LogP contribution >= 0.6 is 31.1 Å². The van der Waals surface area contributed by atoms with E-state index in [0.29, 0.717) is 23.6 Å². The molecule has 0 aromatic heterocycles. The molecular weight excluding hydrogens is 743 g/mol. The van der Waals surface area contributed by atoms with Gasteiger partial charge in [0.15, 0.2) is 0 Å². The molecule has 15 heteroatoms. The molecule has 2 aromatic carbocycles. The van der Waals surface area contributed by atoms with E-state index in [1.165, 1.54) is 28.4 Å². The van der Waals surface area contributed by atoms with Crippen LogP contribution in [-0.4, -0.2) is 57.8 Å². The summed E-state index contributed by atoms with van der Waals surface area (Å²) < 4.78 is 67.4. The minimum atomic E-state index is -3.48. The zero-order valence-corrected chi connectivity index (χ0v) is 35.0. The number of hydrogen-bond donors (Lipinski definition) is 0. The summed E-state index contributed by atoms with van der Waals surface area (Å²) in [6.07, 6.45) is 12.5. The van der Waals surface area contributed by atoms with Crippen molar-refractivity contribution in [1.29, 1.82) is 0 Å². The molecule has 1 atom stereocenters. The third kappa shape index (κ3) is 8.59. The fourth-order valence-electron chi connectivity index (χ4n) is 7.02. The number of nitrogens with zero attached hydrogens (tertiary/aromatic N) is 2. The van der Waals surface area contributed by atoms with Gasteiger partial charge in [0, 0.05) is 51.8 Å². The molecule has 10 nitrogen and oxygen atoms in total. The number of allylic oxidation sites excluding steroid dienone is 6. The fraction of sp³-hybridized carbons (Fsp3) is 0.459. The first kappa shape index (κ1) is 42.3. The number of carbonyl (C=O) groups is 1. The Morgan fingerprint density at radius 1 is 0.865 bits per heavy atom. The predicted octanol–water partition coefficient (Wildman–Crippen LogP) is 9.81. The van der Waals surface area contributed by atoms with E-state index < -0.39 is 34.1 Å². The van der Waals surface area contributed by atoms with Crippen LogP contribution in [0, 0.1) is 0 Å². The van der Waals surface area contributed by atoms with E-state index in [4.69, 9.17) is 18.1 Å². The smallest absolute Gasteiger partial charge is 0.309 e. The summed E-state index contributed by atoms with van der Waals surface area (Å²) in [4.78, 5) is 14.1. The zero-order chi connectivity index (χ0) is 38.5. The van der Waals surface area contributed by atoms with Crippen molar-refractivity contribution in [1.82, 2.24) is 0 Å². The minimum absolute atomic E-state index is 0.133. The third-order valence-corrected chi connectivity index (χ3v) is 14.2. The molecule has 2 aliphatic rings. The van der Waals surface area contributed by atoms with E-state index in [1.807, 2.05) is 48.6 Å². The van der Waals surface area contributed by atoms with E-state index in [1.54, 1.807) is 6.07 Å². The van der Waals surface area contributed by atoms with Crippen LogP contribution in [0.2, 0.25) is 0 Å². The Labute approximate surface area is 310 Å². The van der Waals surface area contributed by atoms with Crippen LogP contribution in [0.4, 0.5) is 15.6 Å². The molecule has 2 heterocycles. The van der Waals surface area contributed by atoms with Crippen molar-refractivity contribution >= 4 is 64.8 Å². The van der Waals surface area contributed by atoms with E-state index >= 15 is 0 Å². The van der Waals surface area contributed by atoms with Crippen LogP contribution in [-0.2, 0) is 47.4 Å². The topological polar surface area (TPSA) is 104 Å². The molecule has 0 N–H and O–H groups in total. The Morgan fingerprint density at radius 2 is 1.46 bits per heavy atom. The van der Waals surface area contributed by atoms with Crippen molar-refractivity contribution in [2.45, 2.75) is 71.1 Å². The molecule has 52 heavy (non-hydrogen) atoms. The van der Waals surface area contributed by atoms with Crippen molar-refractivity contribution in [3.8, 4) is 0 Å². The molecule has 282 valence electrons. The molecule has 0 spiro atoms. The van der Waals surface area contributed by atoms with Gasteiger partial charge in [-0.3, -0.25) is 9.13 Å². The van der Waals surface area contributed by atoms with Crippen LogP contribution in [0.5, 0.6) is 0 Å². The van der Waals surface area contributed by atoms with Gasteiger partial charge in [-0.1, -0.05) is 26.0 Å². The van der Waals surface area contributed by atoms with Gasteiger partial charge >= 0.3 is 154 Å². The number of carbonyl (C=O) groups excluding carboxylic acids is 1. The Morgan fingerprint density at radius 3 is 2.04 bits per heavy atom. The first-order valence-corrected chi connectivity index (χ1v) is 22.5. The number of anilines is 1. The summed E-state index contributed by atoms with van der Waals surface area (Å²) in [5, 5.41) is 1.00. The second-order valence-electron chi connectivity index (χ2n) is 13.5. The van der Waals surface area contributed by atoms with Gasteiger partial charge in [0.05, 0.1) is 10.6 Å². The molecule has 0 saturated carbocycles. The van der Waals surface area contributed by atoms with Gasteiger partial charge in [0.2, 0.25) is 0 Å². The number of benzene rings is 2. The Hall–Kier alpha value is -2.44. The maximum atomic E-state index is 13.3. The van der Waals surface area contributed by atoms with Crippen LogP contribution in [0.1, 0.15) is 71.4 Å². The van der Waals surface area contributed by atoms with Crippen molar-refractivity contribution in [3.63, 3.8) is 0 Å². The van der Waals surface area contributed by atoms with Gasteiger partial charge in [-0.05, 0) is 36.8 Å². The molecule has 2 aliphatic heterocycles. The molecule has 0 fully saturated rings. The van der Waals surface area contributed by atoms with Crippen LogP contribution in [0.25, 0.3) is 0 Å². The van der Waals surface area contributed by atoms with E-state index in [9.17, 15) is 18.1 Å². The average Bonchev–Trinajstić information content (AvgIpc) is 3.47. The van der Waals surface area contributed by atoms with E-state index in [-0.39, 0.29) is 11.8 Å². The summed E-state index contributed by atoms with van der Waals surface area (Å²) in [7, 11) is -0.323. The first-order chi connectivity index (χ1) is 24.5. The van der Waals surface area contributed by atoms with Gasteiger partial charge < -0.3 is 23.0 Å². The van der Waals surface area contributed by atoms with Gasteiger partial charge in [0.25, 0.3) is 0 Å². The summed E-state index contributed by atoms with van der Waals surface area (Å²) in [6, 6.07) is 11.4. The quantitative estimate of drug-likeness (QED) is 0.0711. The molecule has 0 bridgehead atoms. The number of rotatable bonds is 16. The van der Waals surface area contributed by atoms with Crippen molar-refractivity contribution in [3.05, 3.63) is 83.6 Å². The molecular formula is C37H50FN2O8P4+. The Balaban J connectivity index is 1.63. The fourth-order valence-corrected chi connectivity index (χ4v) is 9.79. The summed E-state index contributed by atoms with van der Waals surface area (Å²) in [5.74, 6) is -0.582. The Bertz CT molecular complexity index is 1960. The molecule has 2 aromatic rings. The summed E-state index contributed by atoms with van der Waals surface area (Å²) in [5.41, 5.74) is 5.42. The first-order valence-electron chi connectivity index (χ1n) is 17.1. The number of halogens is 1. The molecule has 0 radical (unpaired) electrons. The third-order valence-electron chi connectivity index (χ3n) is 9.83. The number of likely N-dealkylation sites (N-methyl/N-ethyl adjacent to an activating group) is 1. The maximum absolute atomic E-state index is 13.3. The number of fused-ring (bicyclic) bond motifs is 2. The molecule has 0 amide bonds. The van der Waals surface area contributed by atoms with Crippen LogP contribution < -0.4 is 15.5 Å². The van der Waals surface area contributed by atoms with Crippen molar-refractivity contribution < 1.29 is 45.3 Å². The minimum Gasteiger partial charge on any atom is -0.309 e. The molecule has 0 aliphatic carbocycles. The monoisotopic (exact) mass is 793 g/mol. The second kappa shape index (κ2) is 17.4. The zero-order valence-electron chi connectivity index (χ0n) is 31.4. The standard InChI is InChI=1S/C37H50FN2O8P4/c1-10-39-31-22-20-27(51(42,44-6)45-7)25-29(31)36(2,3)33(39)17-13-11-14-18-34-37(4,5)30-26-28(52(43,46-8)47-9)21-23-32(30)40(34)24-16-12-15-19-35(41)48-50(38)49/h11,13-14,17-18,20-23,25-26H,10,12,15-16,19,24H2,1-9H3/q+1. The van der Waals surface area contributed by atoms with Crippen LogP contribution in [0.3, 0.4) is 0 Å².